The van der Waals surface area contributed by atoms with Gasteiger partial charge in [-0.2, -0.15) is 0 Å². The van der Waals surface area contributed by atoms with Gasteiger partial charge in [0.05, 0.1) is 0 Å². The molecule has 0 amide bonds. The fourth-order valence-corrected chi connectivity index (χ4v) is 0.922. The molecule has 0 aromatic rings. The lowest BCUT2D eigenvalue weighted by Crippen LogP contribution is -2.49. The molecule has 0 radical (unpaired) electrons. The zero-order valence-electron chi connectivity index (χ0n) is 5.80. The van der Waals surface area contributed by atoms with Gasteiger partial charge in [-0.1, -0.05) is 0 Å². The Morgan fingerprint density at radius 1 is 1.40 bits per heavy atom. The summed E-state index contributed by atoms with van der Waals surface area (Å²) in [4.78, 5) is 11.0. The molecule has 0 bridgehead atoms. The minimum Gasteiger partial charge on any atom is -0.461 e. The molecule has 0 aromatic carbocycles. The summed E-state index contributed by atoms with van der Waals surface area (Å²) in [6, 6.07) is 0.0144. The molecule has 56 valence electrons. The predicted octanol–water partition coefficient (Wildman–Crippen LogP) is 0.0539. The number of hydrogen-bond donors (Lipinski definition) is 1. The predicted molar refractivity (Wildman–Crippen MR) is 35.5 cm³/mol. The average molecular weight is 141 g/mol. The van der Waals surface area contributed by atoms with Gasteiger partial charge >= 0.3 is 5.97 Å². The van der Waals surface area contributed by atoms with Crippen molar-refractivity contribution >= 4 is 5.97 Å². The Morgan fingerprint density at radius 2 is 2.10 bits per heavy atom. The van der Waals surface area contributed by atoms with Crippen LogP contribution in [0.5, 0.6) is 0 Å². The molecule has 2 rings (SSSR count). The molecule has 0 spiro atoms. The first kappa shape index (κ1) is 6.16. The van der Waals surface area contributed by atoms with E-state index in [9.17, 15) is 4.79 Å². The van der Waals surface area contributed by atoms with Crippen molar-refractivity contribution in [2.45, 2.75) is 31.4 Å². The van der Waals surface area contributed by atoms with Crippen molar-refractivity contribution < 1.29 is 9.53 Å². The van der Waals surface area contributed by atoms with Crippen LogP contribution in [0.1, 0.15) is 19.3 Å². The molecule has 1 N–H and O–H groups in total. The molecular formula is C7H11NO2. The quantitative estimate of drug-likeness (QED) is 0.552. The fraction of sp³-hybridized carbons (Fsp3) is 0.857. The highest BCUT2D eigenvalue weighted by Crippen LogP contribution is 2.24. The Kier molecular flexibility index (Phi) is 1.38. The van der Waals surface area contributed by atoms with Gasteiger partial charge in [0.1, 0.15) is 12.1 Å². The van der Waals surface area contributed by atoms with Crippen LogP contribution in [-0.4, -0.2) is 24.7 Å². The van der Waals surface area contributed by atoms with Gasteiger partial charge in [0.15, 0.2) is 0 Å². The van der Waals surface area contributed by atoms with Crippen molar-refractivity contribution in [1.29, 1.82) is 0 Å². The van der Waals surface area contributed by atoms with Gasteiger partial charge in [-0.3, -0.25) is 4.79 Å². The van der Waals surface area contributed by atoms with Crippen LogP contribution in [0.25, 0.3) is 0 Å². The standard InChI is InChI=1S/C7H11NO2/c9-7(6-3-4-8-6)10-5-1-2-5/h5-6,8H,1-4H2/t6-/m1/s1. The molecular weight excluding hydrogens is 130 g/mol. The first-order valence-corrected chi connectivity index (χ1v) is 3.80. The highest BCUT2D eigenvalue weighted by Gasteiger charge is 2.32. The number of ether oxygens (including phenoxy) is 1. The molecule has 1 atom stereocenters. The van der Waals surface area contributed by atoms with Crippen LogP contribution in [0.15, 0.2) is 0 Å². The van der Waals surface area contributed by atoms with Gasteiger partial charge < -0.3 is 10.1 Å². The van der Waals surface area contributed by atoms with Crippen LogP contribution in [0, 0.1) is 0 Å². The van der Waals surface area contributed by atoms with Crippen LogP contribution in [0.2, 0.25) is 0 Å². The van der Waals surface area contributed by atoms with Crippen LogP contribution >= 0.6 is 0 Å². The lowest BCUT2D eigenvalue weighted by atomic mass is 10.1. The van der Waals surface area contributed by atoms with Crippen LogP contribution in [0.3, 0.4) is 0 Å². The Labute approximate surface area is 59.7 Å². The van der Waals surface area contributed by atoms with Crippen molar-refractivity contribution in [2.24, 2.45) is 0 Å². The van der Waals surface area contributed by atoms with Crippen molar-refractivity contribution in [1.82, 2.24) is 5.32 Å². The number of nitrogens with one attached hydrogen (secondary N) is 1. The van der Waals surface area contributed by atoms with Crippen LogP contribution in [0.4, 0.5) is 0 Å². The second-order valence-electron chi connectivity index (χ2n) is 2.93. The summed E-state index contributed by atoms with van der Waals surface area (Å²) >= 11 is 0. The third kappa shape index (κ3) is 1.14. The summed E-state index contributed by atoms with van der Waals surface area (Å²) in [7, 11) is 0. The summed E-state index contributed by atoms with van der Waals surface area (Å²) in [6.07, 6.45) is 3.34. The van der Waals surface area contributed by atoms with E-state index in [2.05, 4.69) is 5.32 Å². The van der Waals surface area contributed by atoms with E-state index in [1.807, 2.05) is 0 Å². The Morgan fingerprint density at radius 3 is 2.50 bits per heavy atom. The van der Waals surface area contributed by atoms with Crippen LogP contribution in [-0.2, 0) is 9.53 Å². The van der Waals surface area contributed by atoms with E-state index < -0.39 is 0 Å². The number of carbonyl (C=O) groups is 1. The molecule has 2 aliphatic rings. The minimum absolute atomic E-state index is 0.0144. The second-order valence-corrected chi connectivity index (χ2v) is 2.93. The van der Waals surface area contributed by atoms with Crippen molar-refractivity contribution in [3.63, 3.8) is 0 Å². The number of rotatable bonds is 2. The monoisotopic (exact) mass is 141 g/mol. The van der Waals surface area contributed by atoms with Gasteiger partial charge in [-0.05, 0) is 25.8 Å². The van der Waals surface area contributed by atoms with E-state index >= 15 is 0 Å². The summed E-state index contributed by atoms with van der Waals surface area (Å²) in [6.45, 7) is 0.963. The normalized spacial score (nSPS) is 31.0. The Bertz CT molecular complexity index is 150. The van der Waals surface area contributed by atoms with E-state index in [-0.39, 0.29) is 18.1 Å². The SMILES string of the molecule is O=C(OC1CC1)[C@H]1CCN1. The third-order valence-corrected chi connectivity index (χ3v) is 1.92. The zero-order chi connectivity index (χ0) is 6.97. The largest absolute Gasteiger partial charge is 0.461 e. The molecule has 1 aliphatic carbocycles. The molecule has 1 heterocycles. The zero-order valence-corrected chi connectivity index (χ0v) is 5.80. The molecule has 0 unspecified atom stereocenters. The molecule has 1 saturated carbocycles. The van der Waals surface area contributed by atoms with Gasteiger partial charge in [-0.15, -0.1) is 0 Å². The average Bonchev–Trinajstić information content (AvgIpc) is 2.43. The molecule has 10 heavy (non-hydrogen) atoms. The first-order valence-electron chi connectivity index (χ1n) is 3.80. The van der Waals surface area contributed by atoms with Gasteiger partial charge in [0.2, 0.25) is 0 Å². The molecule has 3 heteroatoms. The van der Waals surface area contributed by atoms with Crippen LogP contribution < -0.4 is 5.32 Å². The molecule has 1 saturated heterocycles. The van der Waals surface area contributed by atoms with Gasteiger partial charge in [-0.25, -0.2) is 0 Å². The van der Waals surface area contributed by atoms with Gasteiger partial charge in [0.25, 0.3) is 0 Å². The second kappa shape index (κ2) is 2.23. The van der Waals surface area contributed by atoms with Crippen molar-refractivity contribution in [2.75, 3.05) is 6.54 Å². The lowest BCUT2D eigenvalue weighted by Gasteiger charge is -2.25. The lowest BCUT2D eigenvalue weighted by molar-refractivity contribution is -0.149. The Hall–Kier alpha value is -0.570. The number of esters is 1. The molecule has 1 aliphatic heterocycles. The van der Waals surface area contributed by atoms with Gasteiger partial charge in [0, 0.05) is 0 Å². The number of hydrogen-bond acceptors (Lipinski definition) is 3. The maximum absolute atomic E-state index is 11.0. The summed E-state index contributed by atoms with van der Waals surface area (Å²) in [5, 5.41) is 3.00. The minimum atomic E-state index is -0.0475. The van der Waals surface area contributed by atoms with E-state index in [1.165, 1.54) is 0 Å². The molecule has 2 fully saturated rings. The molecule has 0 aromatic heterocycles. The van der Waals surface area contributed by atoms with E-state index in [0.717, 1.165) is 25.8 Å². The molecule has 3 nitrogen and oxygen atoms in total. The highest BCUT2D eigenvalue weighted by molar-refractivity contribution is 5.77. The smallest absolute Gasteiger partial charge is 0.323 e. The van der Waals surface area contributed by atoms with Crippen molar-refractivity contribution in [3.05, 3.63) is 0 Å². The summed E-state index contributed by atoms with van der Waals surface area (Å²) in [5.74, 6) is -0.0475. The van der Waals surface area contributed by atoms with E-state index in [0.29, 0.717) is 0 Å². The fourth-order valence-electron chi connectivity index (χ4n) is 0.922. The maximum Gasteiger partial charge on any atom is 0.323 e. The summed E-state index contributed by atoms with van der Waals surface area (Å²) in [5.41, 5.74) is 0. The Balaban J connectivity index is 1.74. The summed E-state index contributed by atoms with van der Waals surface area (Å²) < 4.78 is 5.06. The third-order valence-electron chi connectivity index (χ3n) is 1.92. The topological polar surface area (TPSA) is 38.3 Å². The van der Waals surface area contributed by atoms with E-state index in [1.54, 1.807) is 0 Å². The number of carbonyl (C=O) groups excluding carboxylic acids is 1. The van der Waals surface area contributed by atoms with Crippen molar-refractivity contribution in [3.8, 4) is 0 Å². The van der Waals surface area contributed by atoms with E-state index in [4.69, 9.17) is 4.74 Å². The maximum atomic E-state index is 11.0. The highest BCUT2D eigenvalue weighted by atomic mass is 16.5. The first-order chi connectivity index (χ1) is 4.86.